The molecule has 1 heterocycles. The van der Waals surface area contributed by atoms with Crippen molar-refractivity contribution in [3.63, 3.8) is 0 Å². The molecular formula is C15H16N2. The van der Waals surface area contributed by atoms with Gasteiger partial charge in [-0.3, -0.25) is 0 Å². The zero-order valence-corrected chi connectivity index (χ0v) is 10.1. The first kappa shape index (κ1) is 10.4. The molecule has 1 aliphatic carbocycles. The highest BCUT2D eigenvalue weighted by Crippen LogP contribution is 2.39. The van der Waals surface area contributed by atoms with Gasteiger partial charge in [0.15, 0.2) is 0 Å². The fourth-order valence-electron chi connectivity index (χ4n) is 3.07. The van der Waals surface area contributed by atoms with E-state index in [0.717, 1.165) is 12.8 Å². The van der Waals surface area contributed by atoms with Crippen LogP contribution in [-0.2, 0) is 5.54 Å². The molecule has 1 aromatic carbocycles. The molecule has 0 N–H and O–H groups in total. The number of nitrogens with zero attached hydrogens (tertiary/aromatic N) is 2. The molecular weight excluding hydrogens is 208 g/mol. The Morgan fingerprint density at radius 1 is 1.24 bits per heavy atom. The van der Waals surface area contributed by atoms with E-state index in [-0.39, 0.29) is 5.54 Å². The molecule has 0 bridgehead atoms. The summed E-state index contributed by atoms with van der Waals surface area (Å²) < 4.78 is 2.21. The topological polar surface area (TPSA) is 28.7 Å². The molecule has 86 valence electrons. The van der Waals surface area contributed by atoms with Gasteiger partial charge in [0.2, 0.25) is 0 Å². The van der Waals surface area contributed by atoms with Gasteiger partial charge in [0, 0.05) is 17.1 Å². The average molecular weight is 224 g/mol. The Kier molecular flexibility index (Phi) is 2.22. The van der Waals surface area contributed by atoms with Crippen LogP contribution < -0.4 is 0 Å². The highest BCUT2D eigenvalue weighted by Gasteiger charge is 2.36. The molecule has 0 unspecified atom stereocenters. The minimum atomic E-state index is -0.298. The molecule has 0 radical (unpaired) electrons. The smallest absolute Gasteiger partial charge is 0.131 e. The van der Waals surface area contributed by atoms with E-state index in [9.17, 15) is 5.26 Å². The first-order valence-corrected chi connectivity index (χ1v) is 6.25. The van der Waals surface area contributed by atoms with Gasteiger partial charge < -0.3 is 4.57 Å². The number of nitriles is 1. The third-order valence-electron chi connectivity index (χ3n) is 4.01. The van der Waals surface area contributed by atoms with Gasteiger partial charge in [0.1, 0.15) is 5.54 Å². The van der Waals surface area contributed by atoms with E-state index < -0.39 is 0 Å². The summed E-state index contributed by atoms with van der Waals surface area (Å²) in [6.07, 6.45) is 6.46. The first-order chi connectivity index (χ1) is 8.27. The van der Waals surface area contributed by atoms with Crippen molar-refractivity contribution in [3.05, 3.63) is 36.0 Å². The number of hydrogen-bond donors (Lipinski definition) is 0. The minimum absolute atomic E-state index is 0.298. The molecule has 0 atom stereocenters. The Morgan fingerprint density at radius 3 is 2.65 bits per heavy atom. The first-order valence-electron chi connectivity index (χ1n) is 6.25. The average Bonchev–Trinajstić information content (AvgIpc) is 2.96. The van der Waals surface area contributed by atoms with Crippen LogP contribution in [0.15, 0.2) is 30.5 Å². The van der Waals surface area contributed by atoms with Crippen molar-refractivity contribution < 1.29 is 0 Å². The lowest BCUT2D eigenvalue weighted by molar-refractivity contribution is 0.407. The number of fused-ring (bicyclic) bond motifs is 1. The van der Waals surface area contributed by atoms with E-state index in [2.05, 4.69) is 48.0 Å². The summed E-state index contributed by atoms with van der Waals surface area (Å²) in [4.78, 5) is 0. The van der Waals surface area contributed by atoms with Crippen LogP contribution in [0.2, 0.25) is 0 Å². The molecule has 17 heavy (non-hydrogen) atoms. The number of benzene rings is 1. The van der Waals surface area contributed by atoms with Crippen LogP contribution in [0.5, 0.6) is 0 Å². The van der Waals surface area contributed by atoms with Crippen molar-refractivity contribution in [1.82, 2.24) is 4.57 Å². The van der Waals surface area contributed by atoms with E-state index in [1.807, 2.05) is 0 Å². The molecule has 0 spiro atoms. The quantitative estimate of drug-likeness (QED) is 0.725. The Bertz CT molecular complexity index is 595. The third-order valence-corrected chi connectivity index (χ3v) is 4.01. The lowest BCUT2D eigenvalue weighted by atomic mass is 9.99. The Morgan fingerprint density at radius 2 is 1.94 bits per heavy atom. The molecule has 2 nitrogen and oxygen atoms in total. The van der Waals surface area contributed by atoms with E-state index in [0.29, 0.717) is 0 Å². The molecule has 1 fully saturated rings. The van der Waals surface area contributed by atoms with Crippen molar-refractivity contribution in [1.29, 1.82) is 5.26 Å². The summed E-state index contributed by atoms with van der Waals surface area (Å²) >= 11 is 0. The summed E-state index contributed by atoms with van der Waals surface area (Å²) in [5, 5.41) is 10.8. The van der Waals surface area contributed by atoms with Gasteiger partial charge in [-0.1, -0.05) is 18.2 Å². The molecule has 1 aromatic heterocycles. The maximum absolute atomic E-state index is 9.57. The maximum atomic E-state index is 9.57. The largest absolute Gasteiger partial charge is 0.328 e. The Hall–Kier alpha value is -1.75. The number of aromatic nitrogens is 1. The second kappa shape index (κ2) is 3.63. The number of hydrogen-bond acceptors (Lipinski definition) is 1. The number of rotatable bonds is 1. The molecule has 0 amide bonds. The van der Waals surface area contributed by atoms with Crippen LogP contribution in [0.25, 0.3) is 10.9 Å². The normalized spacial score (nSPS) is 18.4. The molecule has 1 saturated carbocycles. The standard InChI is InChI=1S/C15H16N2/c1-12-10-17(14-7-3-2-6-13(12)14)15(11-16)8-4-5-9-15/h2-3,6-7,10H,4-5,8-9H2,1H3. The second-order valence-corrected chi connectivity index (χ2v) is 5.05. The van der Waals surface area contributed by atoms with Crippen molar-refractivity contribution in [3.8, 4) is 6.07 Å². The van der Waals surface area contributed by atoms with Crippen molar-refractivity contribution >= 4 is 10.9 Å². The molecule has 2 heteroatoms. The van der Waals surface area contributed by atoms with E-state index in [1.54, 1.807) is 0 Å². The summed E-state index contributed by atoms with van der Waals surface area (Å²) in [5.74, 6) is 0. The molecule has 0 aliphatic heterocycles. The lowest BCUT2D eigenvalue weighted by Crippen LogP contribution is -2.27. The Balaban J connectivity index is 2.28. The maximum Gasteiger partial charge on any atom is 0.131 e. The van der Waals surface area contributed by atoms with Crippen molar-refractivity contribution in [2.24, 2.45) is 0 Å². The predicted octanol–water partition coefficient (Wildman–Crippen LogP) is 3.74. The highest BCUT2D eigenvalue weighted by atomic mass is 15.1. The second-order valence-electron chi connectivity index (χ2n) is 5.05. The van der Waals surface area contributed by atoms with Gasteiger partial charge in [0.05, 0.1) is 6.07 Å². The van der Waals surface area contributed by atoms with Gasteiger partial charge in [0.25, 0.3) is 0 Å². The molecule has 2 aromatic rings. The highest BCUT2D eigenvalue weighted by molar-refractivity contribution is 5.84. The van der Waals surface area contributed by atoms with E-state index in [4.69, 9.17) is 0 Å². The monoisotopic (exact) mass is 224 g/mol. The molecule has 3 rings (SSSR count). The third kappa shape index (κ3) is 1.39. The van der Waals surface area contributed by atoms with Crippen LogP contribution in [0.4, 0.5) is 0 Å². The van der Waals surface area contributed by atoms with E-state index in [1.165, 1.54) is 29.3 Å². The fourth-order valence-corrected chi connectivity index (χ4v) is 3.07. The number of aryl methyl sites for hydroxylation is 1. The van der Waals surface area contributed by atoms with Crippen molar-refractivity contribution in [2.45, 2.75) is 38.1 Å². The SMILES string of the molecule is Cc1cn(C2(C#N)CCCC2)c2ccccc12. The van der Waals surface area contributed by atoms with Crippen LogP contribution in [0.3, 0.4) is 0 Å². The summed E-state index contributed by atoms with van der Waals surface area (Å²) in [6.45, 7) is 2.12. The summed E-state index contributed by atoms with van der Waals surface area (Å²) in [6, 6.07) is 10.9. The minimum Gasteiger partial charge on any atom is -0.328 e. The lowest BCUT2D eigenvalue weighted by Gasteiger charge is -2.23. The summed E-state index contributed by atoms with van der Waals surface area (Å²) in [7, 11) is 0. The van der Waals surface area contributed by atoms with Gasteiger partial charge in [-0.15, -0.1) is 0 Å². The van der Waals surface area contributed by atoms with Crippen LogP contribution in [0.1, 0.15) is 31.2 Å². The van der Waals surface area contributed by atoms with Crippen LogP contribution in [0, 0.1) is 18.3 Å². The predicted molar refractivity (Wildman–Crippen MR) is 68.7 cm³/mol. The zero-order chi connectivity index (χ0) is 11.9. The van der Waals surface area contributed by atoms with Gasteiger partial charge >= 0.3 is 0 Å². The summed E-state index contributed by atoms with van der Waals surface area (Å²) in [5.41, 5.74) is 2.17. The van der Waals surface area contributed by atoms with Gasteiger partial charge in [-0.25, -0.2) is 0 Å². The van der Waals surface area contributed by atoms with E-state index >= 15 is 0 Å². The van der Waals surface area contributed by atoms with Crippen LogP contribution in [-0.4, -0.2) is 4.57 Å². The van der Waals surface area contributed by atoms with Crippen molar-refractivity contribution in [2.75, 3.05) is 0 Å². The van der Waals surface area contributed by atoms with Gasteiger partial charge in [-0.2, -0.15) is 5.26 Å². The fraction of sp³-hybridized carbons (Fsp3) is 0.400. The Labute approximate surface area is 101 Å². The molecule has 0 saturated heterocycles. The number of para-hydroxylation sites is 1. The molecule has 1 aliphatic rings. The van der Waals surface area contributed by atoms with Gasteiger partial charge in [-0.05, 0) is 44.2 Å². The van der Waals surface area contributed by atoms with Crippen LogP contribution >= 0.6 is 0 Å². The zero-order valence-electron chi connectivity index (χ0n) is 10.1.